The Labute approximate surface area is 122 Å². The van der Waals surface area contributed by atoms with Crippen LogP contribution in [0.2, 0.25) is 5.02 Å². The molecule has 0 unspecified atom stereocenters. The second kappa shape index (κ2) is 5.25. The Morgan fingerprint density at radius 2 is 2.15 bits per heavy atom. The lowest BCUT2D eigenvalue weighted by Crippen LogP contribution is -2.15. The molecule has 5 nitrogen and oxygen atoms in total. The molecule has 2 N–H and O–H groups in total. The molecule has 0 saturated heterocycles. The normalized spacial score (nSPS) is 13.5. The van der Waals surface area contributed by atoms with E-state index < -0.39 is 0 Å². The maximum absolute atomic E-state index is 6.24. The Kier molecular flexibility index (Phi) is 3.44. The fraction of sp³-hybridized carbons (Fsp3) is 0.357. The molecule has 0 aliphatic carbocycles. The van der Waals surface area contributed by atoms with Crippen LogP contribution >= 0.6 is 11.6 Å². The van der Waals surface area contributed by atoms with Gasteiger partial charge in [0.1, 0.15) is 24.7 Å². The standard InChI is InChI=1S/C14H16ClN3O2/c1-2-3-18-8-17-12(14(18)16)9-6-10(15)13-11(7-9)19-4-5-20-13/h6-8H,2-5,16H2,1H3. The van der Waals surface area contributed by atoms with E-state index in [9.17, 15) is 0 Å². The van der Waals surface area contributed by atoms with E-state index in [0.29, 0.717) is 35.6 Å². The smallest absolute Gasteiger partial charge is 0.179 e. The first-order valence-electron chi connectivity index (χ1n) is 6.60. The van der Waals surface area contributed by atoms with Gasteiger partial charge in [-0.25, -0.2) is 4.98 Å². The van der Waals surface area contributed by atoms with Crippen LogP contribution in [0.3, 0.4) is 0 Å². The number of benzene rings is 1. The van der Waals surface area contributed by atoms with Gasteiger partial charge >= 0.3 is 0 Å². The van der Waals surface area contributed by atoms with Gasteiger partial charge in [0.2, 0.25) is 0 Å². The largest absolute Gasteiger partial charge is 0.486 e. The van der Waals surface area contributed by atoms with Crippen LogP contribution in [0.5, 0.6) is 11.5 Å². The predicted molar refractivity (Wildman–Crippen MR) is 78.4 cm³/mol. The second-order valence-electron chi connectivity index (χ2n) is 4.65. The molecule has 0 bridgehead atoms. The molecule has 0 atom stereocenters. The zero-order valence-corrected chi connectivity index (χ0v) is 12.0. The summed E-state index contributed by atoms with van der Waals surface area (Å²) in [4.78, 5) is 4.38. The van der Waals surface area contributed by atoms with Gasteiger partial charge in [0.15, 0.2) is 11.5 Å². The van der Waals surface area contributed by atoms with Gasteiger partial charge in [-0.3, -0.25) is 0 Å². The molecule has 1 aromatic heterocycles. The van der Waals surface area contributed by atoms with Crippen LogP contribution in [0, 0.1) is 0 Å². The van der Waals surface area contributed by atoms with Gasteiger partial charge in [0.25, 0.3) is 0 Å². The fourth-order valence-corrected chi connectivity index (χ4v) is 2.55. The summed E-state index contributed by atoms with van der Waals surface area (Å²) >= 11 is 6.24. The molecule has 2 aromatic rings. The lowest BCUT2D eigenvalue weighted by atomic mass is 10.1. The highest BCUT2D eigenvalue weighted by Gasteiger charge is 2.19. The van der Waals surface area contributed by atoms with Gasteiger partial charge in [-0.2, -0.15) is 0 Å². The summed E-state index contributed by atoms with van der Waals surface area (Å²) in [5.74, 6) is 1.87. The molecule has 1 aromatic carbocycles. The summed E-state index contributed by atoms with van der Waals surface area (Å²) in [5, 5.41) is 0.515. The van der Waals surface area contributed by atoms with Gasteiger partial charge < -0.3 is 19.8 Å². The molecule has 1 aliphatic rings. The maximum atomic E-state index is 6.24. The monoisotopic (exact) mass is 293 g/mol. The summed E-state index contributed by atoms with van der Waals surface area (Å²) in [7, 11) is 0. The van der Waals surface area contributed by atoms with Crippen molar-refractivity contribution in [3.63, 3.8) is 0 Å². The van der Waals surface area contributed by atoms with Crippen LogP contribution in [0.15, 0.2) is 18.5 Å². The molecule has 0 radical (unpaired) electrons. The van der Waals surface area contributed by atoms with Crippen LogP contribution in [0.25, 0.3) is 11.3 Å². The van der Waals surface area contributed by atoms with E-state index in [1.54, 1.807) is 6.33 Å². The van der Waals surface area contributed by atoms with Crippen molar-refractivity contribution in [1.82, 2.24) is 9.55 Å². The number of aryl methyl sites for hydroxylation is 1. The first kappa shape index (κ1) is 13.1. The minimum atomic E-state index is 0.513. The number of ether oxygens (including phenoxy) is 2. The molecule has 0 saturated carbocycles. The van der Waals surface area contributed by atoms with Crippen molar-refractivity contribution < 1.29 is 9.47 Å². The number of rotatable bonds is 3. The zero-order chi connectivity index (χ0) is 14.1. The van der Waals surface area contributed by atoms with Crippen molar-refractivity contribution in [3.05, 3.63) is 23.5 Å². The highest BCUT2D eigenvalue weighted by atomic mass is 35.5. The van der Waals surface area contributed by atoms with Gasteiger partial charge in [-0.1, -0.05) is 18.5 Å². The quantitative estimate of drug-likeness (QED) is 0.945. The number of fused-ring (bicyclic) bond motifs is 1. The van der Waals surface area contributed by atoms with Gasteiger partial charge in [-0.05, 0) is 18.6 Å². The average molecular weight is 294 g/mol. The minimum Gasteiger partial charge on any atom is -0.486 e. The number of imidazole rings is 1. The van der Waals surface area contributed by atoms with E-state index in [-0.39, 0.29) is 0 Å². The SMILES string of the molecule is CCCn1cnc(-c2cc(Cl)c3c(c2)OCCO3)c1N. The van der Waals surface area contributed by atoms with E-state index in [1.165, 1.54) is 0 Å². The molecule has 0 amide bonds. The van der Waals surface area contributed by atoms with E-state index >= 15 is 0 Å². The number of hydrogen-bond donors (Lipinski definition) is 1. The molecular weight excluding hydrogens is 278 g/mol. The van der Waals surface area contributed by atoms with Crippen molar-refractivity contribution in [2.45, 2.75) is 19.9 Å². The van der Waals surface area contributed by atoms with Crippen molar-refractivity contribution in [3.8, 4) is 22.8 Å². The van der Waals surface area contributed by atoms with Gasteiger partial charge in [0.05, 0.1) is 11.3 Å². The first-order chi connectivity index (χ1) is 9.70. The number of nitrogens with two attached hydrogens (primary N) is 1. The second-order valence-corrected chi connectivity index (χ2v) is 5.06. The third-order valence-corrected chi connectivity index (χ3v) is 3.49. The maximum Gasteiger partial charge on any atom is 0.179 e. The number of aromatic nitrogens is 2. The average Bonchev–Trinajstić information content (AvgIpc) is 2.81. The zero-order valence-electron chi connectivity index (χ0n) is 11.2. The predicted octanol–water partition coefficient (Wildman–Crippen LogP) is 2.97. The third kappa shape index (κ3) is 2.18. The molecule has 106 valence electrons. The molecule has 3 rings (SSSR count). The van der Waals surface area contributed by atoms with Gasteiger partial charge in [0, 0.05) is 12.1 Å². The van der Waals surface area contributed by atoms with E-state index in [1.807, 2.05) is 16.7 Å². The summed E-state index contributed by atoms with van der Waals surface area (Å²) in [6.45, 7) is 3.98. The summed E-state index contributed by atoms with van der Waals surface area (Å²) < 4.78 is 13.0. The Bertz CT molecular complexity index is 640. The van der Waals surface area contributed by atoms with Gasteiger partial charge in [-0.15, -0.1) is 0 Å². The topological polar surface area (TPSA) is 62.3 Å². The molecule has 1 aliphatic heterocycles. The number of nitrogens with zero attached hydrogens (tertiary/aromatic N) is 2. The lowest BCUT2D eigenvalue weighted by Gasteiger charge is -2.20. The van der Waals surface area contributed by atoms with Crippen molar-refractivity contribution in [2.75, 3.05) is 18.9 Å². The highest BCUT2D eigenvalue weighted by molar-refractivity contribution is 6.32. The summed E-state index contributed by atoms with van der Waals surface area (Å²) in [5.41, 5.74) is 7.69. The fourth-order valence-electron chi connectivity index (χ4n) is 2.28. The number of hydrogen-bond acceptors (Lipinski definition) is 4. The molecule has 2 heterocycles. The Morgan fingerprint density at radius 3 is 2.95 bits per heavy atom. The van der Waals surface area contributed by atoms with E-state index in [4.69, 9.17) is 26.8 Å². The lowest BCUT2D eigenvalue weighted by molar-refractivity contribution is 0.172. The van der Waals surface area contributed by atoms with E-state index in [2.05, 4.69) is 11.9 Å². The number of nitrogen functional groups attached to an aromatic ring is 1. The van der Waals surface area contributed by atoms with Crippen molar-refractivity contribution in [2.24, 2.45) is 0 Å². The molecule has 6 heteroatoms. The molecule has 20 heavy (non-hydrogen) atoms. The highest BCUT2D eigenvalue weighted by Crippen LogP contribution is 2.41. The molecule has 0 fully saturated rings. The van der Waals surface area contributed by atoms with Crippen LogP contribution in [0.1, 0.15) is 13.3 Å². The Morgan fingerprint density at radius 1 is 1.35 bits per heavy atom. The van der Waals surface area contributed by atoms with Crippen LogP contribution < -0.4 is 15.2 Å². The molecule has 0 spiro atoms. The molecular formula is C14H16ClN3O2. The minimum absolute atomic E-state index is 0.513. The summed E-state index contributed by atoms with van der Waals surface area (Å²) in [6.07, 6.45) is 2.75. The Hall–Kier alpha value is -1.88. The van der Waals surface area contributed by atoms with Crippen molar-refractivity contribution >= 4 is 17.4 Å². The number of anilines is 1. The summed E-state index contributed by atoms with van der Waals surface area (Å²) in [6, 6.07) is 3.68. The van der Waals surface area contributed by atoms with Crippen LogP contribution in [-0.2, 0) is 6.54 Å². The van der Waals surface area contributed by atoms with Crippen LogP contribution in [0.4, 0.5) is 5.82 Å². The van der Waals surface area contributed by atoms with Crippen molar-refractivity contribution in [1.29, 1.82) is 0 Å². The van der Waals surface area contributed by atoms with E-state index in [0.717, 1.165) is 24.2 Å². The third-order valence-electron chi connectivity index (χ3n) is 3.21. The first-order valence-corrected chi connectivity index (χ1v) is 6.98. The van der Waals surface area contributed by atoms with Crippen LogP contribution in [-0.4, -0.2) is 22.8 Å². The number of halogens is 1. The Balaban J connectivity index is 2.04.